The van der Waals surface area contributed by atoms with Crippen LogP contribution in [0.4, 0.5) is 0 Å². The molecule has 0 saturated carbocycles. The Kier molecular flexibility index (Phi) is 7.51. The zero-order chi connectivity index (χ0) is 19.6. The van der Waals surface area contributed by atoms with Crippen molar-refractivity contribution in [2.75, 3.05) is 6.61 Å². The Hall–Kier alpha value is -3.19. The lowest BCUT2D eigenvalue weighted by atomic mass is 10.1. The maximum atomic E-state index is 11.4. The third kappa shape index (κ3) is 6.56. The van der Waals surface area contributed by atoms with Crippen molar-refractivity contribution in [1.82, 2.24) is 0 Å². The van der Waals surface area contributed by atoms with Gasteiger partial charge in [-0.15, -0.1) is 0 Å². The molecule has 0 radical (unpaired) electrons. The van der Waals surface area contributed by atoms with Gasteiger partial charge in [-0.2, -0.15) is 0 Å². The number of hydrogen-bond acceptors (Lipinski definition) is 7. The first-order valence-electron chi connectivity index (χ1n) is 8.22. The minimum Gasteiger partial charge on any atom is -0.455 e. The smallest absolute Gasteiger partial charge is 0.308 e. The SMILES string of the molecule is CC(=O)Oc1ccccc1OC(C=O)OCC(OC(C)=O)c1ccccc1. The van der Waals surface area contributed by atoms with E-state index in [2.05, 4.69) is 0 Å². The summed E-state index contributed by atoms with van der Waals surface area (Å²) in [4.78, 5) is 33.9. The summed E-state index contributed by atoms with van der Waals surface area (Å²) in [6.45, 7) is 2.45. The Morgan fingerprint density at radius 3 is 2.15 bits per heavy atom. The van der Waals surface area contributed by atoms with E-state index in [1.54, 1.807) is 42.5 Å². The van der Waals surface area contributed by atoms with Crippen LogP contribution in [0.2, 0.25) is 0 Å². The number of aldehydes is 1. The van der Waals surface area contributed by atoms with Gasteiger partial charge >= 0.3 is 11.9 Å². The van der Waals surface area contributed by atoms with E-state index in [-0.39, 0.29) is 18.1 Å². The molecule has 0 aliphatic rings. The highest BCUT2D eigenvalue weighted by Crippen LogP contribution is 2.28. The lowest BCUT2D eigenvalue weighted by molar-refractivity contribution is -0.159. The molecule has 2 aromatic carbocycles. The van der Waals surface area contributed by atoms with Gasteiger partial charge in [-0.3, -0.25) is 14.4 Å². The number of carbonyl (C=O) groups excluding carboxylic acids is 3. The highest BCUT2D eigenvalue weighted by atomic mass is 16.7. The van der Waals surface area contributed by atoms with Gasteiger partial charge in [-0.05, 0) is 17.7 Å². The highest BCUT2D eigenvalue weighted by Gasteiger charge is 2.20. The van der Waals surface area contributed by atoms with Crippen LogP contribution >= 0.6 is 0 Å². The molecule has 0 N–H and O–H groups in total. The van der Waals surface area contributed by atoms with Crippen molar-refractivity contribution in [3.05, 3.63) is 60.2 Å². The normalized spacial score (nSPS) is 12.5. The van der Waals surface area contributed by atoms with E-state index in [9.17, 15) is 14.4 Å². The monoisotopic (exact) mass is 372 g/mol. The van der Waals surface area contributed by atoms with Crippen LogP contribution < -0.4 is 9.47 Å². The first kappa shape index (κ1) is 20.1. The van der Waals surface area contributed by atoms with E-state index in [1.165, 1.54) is 19.9 Å². The van der Waals surface area contributed by atoms with Crippen LogP contribution in [0.3, 0.4) is 0 Å². The van der Waals surface area contributed by atoms with Crippen LogP contribution in [0.25, 0.3) is 0 Å². The summed E-state index contributed by atoms with van der Waals surface area (Å²) in [6, 6.07) is 15.4. The summed E-state index contributed by atoms with van der Waals surface area (Å²) < 4.78 is 21.2. The number of hydrogen-bond donors (Lipinski definition) is 0. The number of esters is 2. The van der Waals surface area contributed by atoms with Crippen molar-refractivity contribution in [3.63, 3.8) is 0 Å². The third-order valence-corrected chi connectivity index (χ3v) is 3.35. The first-order chi connectivity index (χ1) is 13.0. The van der Waals surface area contributed by atoms with E-state index >= 15 is 0 Å². The fraction of sp³-hybridized carbons (Fsp3) is 0.250. The van der Waals surface area contributed by atoms with Gasteiger partial charge in [0.25, 0.3) is 6.29 Å². The topological polar surface area (TPSA) is 88.1 Å². The molecule has 2 atom stereocenters. The average molecular weight is 372 g/mol. The molecule has 0 amide bonds. The average Bonchev–Trinajstić information content (AvgIpc) is 2.65. The second-order valence-electron chi connectivity index (χ2n) is 5.50. The summed E-state index contributed by atoms with van der Waals surface area (Å²) in [5.74, 6) is -0.654. The van der Waals surface area contributed by atoms with E-state index in [4.69, 9.17) is 18.9 Å². The first-order valence-corrected chi connectivity index (χ1v) is 8.22. The fourth-order valence-corrected chi connectivity index (χ4v) is 2.26. The van der Waals surface area contributed by atoms with Gasteiger partial charge in [0.1, 0.15) is 0 Å². The van der Waals surface area contributed by atoms with Crippen LogP contribution in [0.15, 0.2) is 54.6 Å². The number of para-hydroxylation sites is 2. The molecule has 0 aliphatic heterocycles. The number of rotatable bonds is 9. The Morgan fingerprint density at radius 2 is 1.56 bits per heavy atom. The fourth-order valence-electron chi connectivity index (χ4n) is 2.26. The predicted molar refractivity (Wildman–Crippen MR) is 95.1 cm³/mol. The Bertz CT molecular complexity index is 773. The summed E-state index contributed by atoms with van der Waals surface area (Å²) in [7, 11) is 0. The van der Waals surface area contributed by atoms with Crippen LogP contribution in [-0.4, -0.2) is 31.1 Å². The van der Waals surface area contributed by atoms with E-state index in [1.807, 2.05) is 6.07 Å². The molecule has 2 rings (SSSR count). The third-order valence-electron chi connectivity index (χ3n) is 3.35. The number of ether oxygens (including phenoxy) is 4. The molecule has 0 aromatic heterocycles. The largest absolute Gasteiger partial charge is 0.455 e. The predicted octanol–water partition coefficient (Wildman–Crippen LogP) is 2.84. The van der Waals surface area contributed by atoms with Crippen molar-refractivity contribution in [2.24, 2.45) is 0 Å². The van der Waals surface area contributed by atoms with Gasteiger partial charge in [0.2, 0.25) is 0 Å². The van der Waals surface area contributed by atoms with E-state index in [0.717, 1.165) is 5.56 Å². The lowest BCUT2D eigenvalue weighted by Gasteiger charge is -2.21. The Morgan fingerprint density at radius 1 is 0.926 bits per heavy atom. The molecule has 0 fully saturated rings. The summed E-state index contributed by atoms with van der Waals surface area (Å²) in [5, 5.41) is 0. The molecule has 7 nitrogen and oxygen atoms in total. The van der Waals surface area contributed by atoms with Crippen molar-refractivity contribution in [1.29, 1.82) is 0 Å². The van der Waals surface area contributed by atoms with Gasteiger partial charge in [0.05, 0.1) is 6.61 Å². The molecular formula is C20H20O7. The lowest BCUT2D eigenvalue weighted by Crippen LogP contribution is -2.26. The highest BCUT2D eigenvalue weighted by molar-refractivity contribution is 5.70. The van der Waals surface area contributed by atoms with Gasteiger partial charge in [-0.1, -0.05) is 42.5 Å². The molecule has 2 unspecified atom stereocenters. The van der Waals surface area contributed by atoms with E-state index < -0.39 is 24.3 Å². The molecule has 7 heteroatoms. The Labute approximate surface area is 156 Å². The molecule has 0 spiro atoms. The van der Waals surface area contributed by atoms with Crippen molar-refractivity contribution >= 4 is 18.2 Å². The van der Waals surface area contributed by atoms with Crippen LogP contribution in [0.1, 0.15) is 25.5 Å². The van der Waals surface area contributed by atoms with Gasteiger partial charge < -0.3 is 18.9 Å². The van der Waals surface area contributed by atoms with Gasteiger partial charge in [0, 0.05) is 13.8 Å². The summed E-state index contributed by atoms with van der Waals surface area (Å²) >= 11 is 0. The minimum absolute atomic E-state index is 0.0945. The molecule has 0 heterocycles. The van der Waals surface area contributed by atoms with Gasteiger partial charge in [-0.25, -0.2) is 0 Å². The molecule has 142 valence electrons. The van der Waals surface area contributed by atoms with Crippen LogP contribution in [-0.2, 0) is 23.9 Å². The Balaban J connectivity index is 2.06. The minimum atomic E-state index is -1.27. The van der Waals surface area contributed by atoms with Crippen molar-refractivity contribution in [3.8, 4) is 11.5 Å². The zero-order valence-corrected chi connectivity index (χ0v) is 15.0. The number of carbonyl (C=O) groups is 3. The molecular weight excluding hydrogens is 352 g/mol. The molecule has 0 bridgehead atoms. The standard InChI is InChI=1S/C20H20O7/c1-14(22)25-17-10-6-7-11-18(17)27-20(12-21)24-13-19(26-15(2)23)16-8-4-3-5-9-16/h3-12,19-20H,13H2,1-2H3. The summed E-state index contributed by atoms with van der Waals surface area (Å²) in [5.41, 5.74) is 0.720. The molecule has 0 aliphatic carbocycles. The quantitative estimate of drug-likeness (QED) is 0.289. The maximum Gasteiger partial charge on any atom is 0.308 e. The second kappa shape index (κ2) is 10.1. The van der Waals surface area contributed by atoms with Crippen molar-refractivity contribution < 1.29 is 33.3 Å². The van der Waals surface area contributed by atoms with Crippen LogP contribution in [0.5, 0.6) is 11.5 Å². The van der Waals surface area contributed by atoms with E-state index in [0.29, 0.717) is 6.29 Å². The number of benzene rings is 2. The zero-order valence-electron chi connectivity index (χ0n) is 15.0. The van der Waals surface area contributed by atoms with Gasteiger partial charge in [0.15, 0.2) is 23.9 Å². The molecule has 27 heavy (non-hydrogen) atoms. The molecule has 0 saturated heterocycles. The second-order valence-corrected chi connectivity index (χ2v) is 5.50. The van der Waals surface area contributed by atoms with Crippen LogP contribution in [0, 0.1) is 0 Å². The summed E-state index contributed by atoms with van der Waals surface area (Å²) in [6.07, 6.45) is -1.51. The molecule has 2 aromatic rings. The maximum absolute atomic E-state index is 11.4. The van der Waals surface area contributed by atoms with Crippen molar-refractivity contribution in [2.45, 2.75) is 26.2 Å².